The molecule has 0 amide bonds. The molecule has 0 spiro atoms. The second-order valence-corrected chi connectivity index (χ2v) is 10.9. The van der Waals surface area contributed by atoms with Crippen molar-refractivity contribution in [2.45, 2.75) is 70.1 Å². The number of methoxy groups -OCH3 is 1. The van der Waals surface area contributed by atoms with Gasteiger partial charge in [-0.1, -0.05) is 12.1 Å². The van der Waals surface area contributed by atoms with Gasteiger partial charge >= 0.3 is 29.8 Å². The van der Waals surface area contributed by atoms with E-state index in [0.29, 0.717) is 11.1 Å². The van der Waals surface area contributed by atoms with Crippen LogP contribution in [0.25, 0.3) is 0 Å². The fraction of sp³-hybridized carbons (Fsp3) is 0.424. The number of carbonyl (C=O) groups is 6. The van der Waals surface area contributed by atoms with Gasteiger partial charge in [0.1, 0.15) is 25.3 Å². The van der Waals surface area contributed by atoms with Crippen molar-refractivity contribution in [1.29, 1.82) is 0 Å². The van der Waals surface area contributed by atoms with Crippen molar-refractivity contribution in [3.05, 3.63) is 52.5 Å². The van der Waals surface area contributed by atoms with Crippen LogP contribution in [0.3, 0.4) is 0 Å². The van der Waals surface area contributed by atoms with Crippen molar-refractivity contribution in [2.75, 3.05) is 20.3 Å². The maximum atomic E-state index is 13.2. The fourth-order valence-corrected chi connectivity index (χ4v) is 3.85. The fourth-order valence-electron chi connectivity index (χ4n) is 3.85. The third kappa shape index (κ3) is 16.6. The zero-order valence-corrected chi connectivity index (χ0v) is 32.7. The molecule has 0 aliphatic heterocycles. The van der Waals surface area contributed by atoms with Crippen molar-refractivity contribution in [1.82, 2.24) is 0 Å². The summed E-state index contributed by atoms with van der Waals surface area (Å²) in [6, 6.07) is 4.84. The minimum absolute atomic E-state index is 0. The maximum Gasteiger partial charge on any atom is 0.351 e. The van der Waals surface area contributed by atoms with Gasteiger partial charge in [0.15, 0.2) is 47.1 Å². The Bertz CT molecular complexity index is 1560. The first-order chi connectivity index (χ1) is 24.4. The molecule has 293 valence electrons. The number of esters is 5. The summed E-state index contributed by atoms with van der Waals surface area (Å²) in [4.78, 5) is 78.6. The van der Waals surface area contributed by atoms with Crippen LogP contribution < -0.4 is 11.5 Å². The molecule has 0 bridgehead atoms. The van der Waals surface area contributed by atoms with Gasteiger partial charge < -0.3 is 82.9 Å². The van der Waals surface area contributed by atoms with E-state index in [0.717, 1.165) is 19.9 Å². The van der Waals surface area contributed by atoms with Crippen LogP contribution in [-0.2, 0) is 88.6 Å². The summed E-state index contributed by atoms with van der Waals surface area (Å²) in [7, 11) is 1.22. The molecule has 0 aromatic heterocycles. The van der Waals surface area contributed by atoms with Crippen molar-refractivity contribution >= 4 is 58.2 Å². The van der Waals surface area contributed by atoms with Crippen molar-refractivity contribution in [3.8, 4) is 23.0 Å². The van der Waals surface area contributed by atoms with Gasteiger partial charge in [-0.15, -0.1) is 0 Å². The summed E-state index contributed by atoms with van der Waals surface area (Å²) in [6.07, 6.45) is -6.74. The Morgan fingerprint density at radius 2 is 1.04 bits per heavy atom. The summed E-state index contributed by atoms with van der Waals surface area (Å²) in [6.45, 7) is 1.68. The molecular weight excluding hydrogens is 858 g/mol. The molecule has 0 heterocycles. The standard InChI is InChI=1S/C32H40N2O16.CH2I.V/c1-15(35)26(13-46-30(42)20(33)9-18-5-7-22(36)24(38)11-18)49-32(44)27(50-29(41)17(3)48-28(40)16(2)45-4)14-47-31(43)21(34)10-19-6-8-23(37)25(39)12-19;1-2;/h5-8,11-12,16-17,20-21,26-27,36-39H,9-10,13-14,33-34H2,1-4H3;1H2;/q;-1;/t16-,17-,20?,21?,26-,27-;;/m0../s1. The quantitative estimate of drug-likeness (QED) is 0.0393. The Morgan fingerprint density at radius 3 is 1.43 bits per heavy atom. The number of ketones is 1. The van der Waals surface area contributed by atoms with Crippen LogP contribution in [0, 0.1) is 4.93 Å². The van der Waals surface area contributed by atoms with E-state index >= 15 is 0 Å². The van der Waals surface area contributed by atoms with Crippen LogP contribution >= 0.6 is 22.6 Å². The van der Waals surface area contributed by atoms with Crippen LogP contribution in [0.2, 0.25) is 0 Å². The number of rotatable bonds is 18. The van der Waals surface area contributed by atoms with Crippen LogP contribution in [0.15, 0.2) is 36.4 Å². The predicted molar refractivity (Wildman–Crippen MR) is 187 cm³/mol. The van der Waals surface area contributed by atoms with Gasteiger partial charge in [0, 0.05) is 25.7 Å². The summed E-state index contributed by atoms with van der Waals surface area (Å²) >= 11 is 1.90. The molecule has 53 heavy (non-hydrogen) atoms. The molecule has 0 fully saturated rings. The van der Waals surface area contributed by atoms with E-state index in [4.69, 9.17) is 39.9 Å². The minimum Gasteiger partial charge on any atom is -0.504 e. The summed E-state index contributed by atoms with van der Waals surface area (Å²) in [5, 5.41) is 38.3. The first kappa shape index (κ1) is 48.9. The molecular formula is C33H42IN2O16V-. The van der Waals surface area contributed by atoms with Gasteiger partial charge in [-0.2, -0.15) is 0 Å². The molecule has 0 saturated carbocycles. The van der Waals surface area contributed by atoms with Crippen molar-refractivity contribution < 1.29 is 96.2 Å². The van der Waals surface area contributed by atoms with Crippen LogP contribution in [0.1, 0.15) is 31.9 Å². The Hall–Kier alpha value is -4.15. The number of hydrogen-bond acceptors (Lipinski definition) is 18. The number of hydrogen-bond donors (Lipinski definition) is 6. The number of phenols is 4. The van der Waals surface area contributed by atoms with E-state index in [1.807, 2.05) is 22.6 Å². The molecule has 0 aliphatic rings. The maximum absolute atomic E-state index is 13.2. The van der Waals surface area contributed by atoms with E-state index < -0.39 is 103 Å². The van der Waals surface area contributed by atoms with E-state index in [1.54, 1.807) is 0 Å². The molecule has 2 aromatic carbocycles. The number of phenolic OH excluding ortho intramolecular Hbond substituents is 4. The zero-order valence-electron chi connectivity index (χ0n) is 29.1. The largest absolute Gasteiger partial charge is 0.504 e. The molecule has 0 aliphatic carbocycles. The Morgan fingerprint density at radius 1 is 0.642 bits per heavy atom. The van der Waals surface area contributed by atoms with E-state index in [9.17, 15) is 49.2 Å². The molecule has 2 aromatic rings. The number of benzene rings is 2. The van der Waals surface area contributed by atoms with Gasteiger partial charge in [0.25, 0.3) is 0 Å². The topological polar surface area (TPSA) is 291 Å². The monoisotopic (exact) mass is 900 g/mol. The number of ether oxygens (including phenoxy) is 6. The third-order valence-corrected chi connectivity index (χ3v) is 6.89. The second kappa shape index (κ2) is 24.2. The third-order valence-electron chi connectivity index (χ3n) is 6.89. The van der Waals surface area contributed by atoms with E-state index in [-0.39, 0.29) is 37.1 Å². The molecule has 0 saturated heterocycles. The predicted octanol–water partition coefficient (Wildman–Crippen LogP) is 0.625. The summed E-state index contributed by atoms with van der Waals surface area (Å²) in [5.74, 6) is -8.24. The molecule has 6 atom stereocenters. The first-order valence-corrected chi connectivity index (χ1v) is 16.7. The number of aromatic hydroxyl groups is 4. The Kier molecular flexibility index (Phi) is 22.3. The summed E-state index contributed by atoms with van der Waals surface area (Å²) in [5.41, 5.74) is 12.4. The molecule has 20 heteroatoms. The average molecular weight is 901 g/mol. The van der Waals surface area contributed by atoms with Gasteiger partial charge in [-0.05, 0) is 69.0 Å². The number of nitrogens with two attached hydrogens (primary N) is 2. The van der Waals surface area contributed by atoms with Crippen LogP contribution in [0.5, 0.6) is 23.0 Å². The second-order valence-electron chi connectivity index (χ2n) is 10.9. The van der Waals surface area contributed by atoms with Gasteiger partial charge in [0.2, 0.25) is 6.10 Å². The van der Waals surface area contributed by atoms with E-state index in [2.05, 4.69) is 4.93 Å². The molecule has 18 nitrogen and oxygen atoms in total. The molecule has 8 N–H and O–H groups in total. The zero-order chi connectivity index (χ0) is 39.7. The van der Waals surface area contributed by atoms with Crippen LogP contribution in [0.4, 0.5) is 0 Å². The van der Waals surface area contributed by atoms with Gasteiger partial charge in [-0.25, -0.2) is 14.4 Å². The first-order valence-electron chi connectivity index (χ1n) is 15.2. The SMILES string of the molecule is CO[C@@H](C)C(=O)O[C@@H](C)C(=O)O[C@@H](COC(=O)C(N)Cc1ccc(O)c(O)c1)C(=O)O[C@@H](COC(=O)C(N)Cc1ccc(O)c(O)c1)C(C)=O.[CH2-]I.[V]. The number of carbonyl (C=O) groups excluding carboxylic acids is 6. The summed E-state index contributed by atoms with van der Waals surface area (Å²) < 4.78 is 30.1. The van der Waals surface area contributed by atoms with Gasteiger partial charge in [0.05, 0.1) is 0 Å². The molecule has 2 unspecified atom stereocenters. The van der Waals surface area contributed by atoms with E-state index in [1.165, 1.54) is 44.4 Å². The molecule has 1 radical (unpaired) electrons. The Labute approximate surface area is 330 Å². The Balaban J connectivity index is 0.00000885. The minimum atomic E-state index is -2.04. The van der Waals surface area contributed by atoms with Crippen molar-refractivity contribution in [3.63, 3.8) is 0 Å². The number of halogens is 1. The van der Waals surface area contributed by atoms with Crippen molar-refractivity contribution in [2.24, 2.45) is 11.5 Å². The van der Waals surface area contributed by atoms with Crippen LogP contribution in [-0.4, -0.2) is 113 Å². The molecule has 2 rings (SSSR count). The smallest absolute Gasteiger partial charge is 0.351 e. The number of Topliss-reactive ketones (excluding diaryl/α,β-unsaturated/α-hetero) is 1. The average Bonchev–Trinajstić information content (AvgIpc) is 3.11. The normalized spacial score (nSPS) is 13.8. The van der Waals surface area contributed by atoms with Gasteiger partial charge in [-0.3, -0.25) is 19.3 Å².